The fraction of sp³-hybridized carbons (Fsp3) is 0.500. The minimum Gasteiger partial charge on any atom is -0.0625 e. The van der Waals surface area contributed by atoms with Gasteiger partial charge in [-0.15, -0.1) is 0 Å². The van der Waals surface area contributed by atoms with Crippen LogP contribution in [-0.4, -0.2) is 0 Å². The lowest BCUT2D eigenvalue weighted by Crippen LogP contribution is -2.07. The first kappa shape index (κ1) is 9.26. The van der Waals surface area contributed by atoms with E-state index in [0.717, 1.165) is 11.8 Å². The van der Waals surface area contributed by atoms with Gasteiger partial charge >= 0.3 is 0 Å². The molecule has 0 nitrogen and oxygen atoms in total. The van der Waals surface area contributed by atoms with Gasteiger partial charge < -0.3 is 0 Å². The van der Waals surface area contributed by atoms with Gasteiger partial charge in [0.25, 0.3) is 0 Å². The molecule has 1 heteroatoms. The van der Waals surface area contributed by atoms with Gasteiger partial charge in [0.2, 0.25) is 0 Å². The average molecular weight is 239 g/mol. The lowest BCUT2D eigenvalue weighted by molar-refractivity contribution is 0.404. The first-order valence-corrected chi connectivity index (χ1v) is 5.74. The van der Waals surface area contributed by atoms with E-state index in [1.54, 1.807) is 11.1 Å². The van der Waals surface area contributed by atoms with Gasteiger partial charge in [-0.25, -0.2) is 0 Å². The van der Waals surface area contributed by atoms with Crippen molar-refractivity contribution in [1.82, 2.24) is 0 Å². The van der Waals surface area contributed by atoms with Gasteiger partial charge in [-0.2, -0.15) is 0 Å². The van der Waals surface area contributed by atoms with E-state index in [-0.39, 0.29) is 0 Å². The number of hydrogen-bond donors (Lipinski definition) is 0. The lowest BCUT2D eigenvalue weighted by atomic mass is 9.93. The minimum absolute atomic E-state index is 0.805. The zero-order chi connectivity index (χ0) is 9.42. The van der Waals surface area contributed by atoms with Crippen molar-refractivity contribution >= 4 is 15.9 Å². The molecule has 0 bridgehead atoms. The molecule has 0 fully saturated rings. The van der Waals surface area contributed by atoms with E-state index in [1.165, 1.54) is 17.3 Å². The normalized spacial score (nSPS) is 20.8. The summed E-state index contributed by atoms with van der Waals surface area (Å²) in [5.74, 6) is 1.66. The second kappa shape index (κ2) is 3.45. The molecule has 0 radical (unpaired) electrons. The Morgan fingerprint density at radius 2 is 2.08 bits per heavy atom. The van der Waals surface area contributed by atoms with E-state index in [9.17, 15) is 0 Å². The molecule has 0 heterocycles. The number of benzene rings is 1. The molecule has 0 saturated carbocycles. The fourth-order valence-electron chi connectivity index (χ4n) is 2.11. The van der Waals surface area contributed by atoms with E-state index in [4.69, 9.17) is 0 Å². The Kier molecular flexibility index (Phi) is 2.46. The Morgan fingerprint density at radius 1 is 1.31 bits per heavy atom. The van der Waals surface area contributed by atoms with E-state index < -0.39 is 0 Å². The van der Waals surface area contributed by atoms with Gasteiger partial charge in [-0.05, 0) is 41.9 Å². The van der Waals surface area contributed by atoms with Gasteiger partial charge in [-0.3, -0.25) is 0 Å². The van der Waals surface area contributed by atoms with Gasteiger partial charge in [0.1, 0.15) is 0 Å². The largest absolute Gasteiger partial charge is 0.0625 e. The maximum absolute atomic E-state index is 3.62. The molecular formula is C12H15Br. The number of rotatable bonds is 1. The molecule has 1 unspecified atom stereocenters. The summed E-state index contributed by atoms with van der Waals surface area (Å²) in [6.07, 6.45) is 2.53. The summed E-state index contributed by atoms with van der Waals surface area (Å²) in [6.45, 7) is 4.65. The van der Waals surface area contributed by atoms with Crippen molar-refractivity contribution in [2.24, 2.45) is 11.8 Å². The Bertz CT molecular complexity index is 315. The molecule has 1 atom stereocenters. The molecule has 1 aliphatic rings. The van der Waals surface area contributed by atoms with Gasteiger partial charge in [0.05, 0.1) is 0 Å². The SMILES string of the molecule is CC(C)C1Cc2cccc(Br)c2C1. The first-order chi connectivity index (χ1) is 6.18. The van der Waals surface area contributed by atoms with Crippen LogP contribution >= 0.6 is 15.9 Å². The zero-order valence-electron chi connectivity index (χ0n) is 8.18. The topological polar surface area (TPSA) is 0 Å². The monoisotopic (exact) mass is 238 g/mol. The van der Waals surface area contributed by atoms with Crippen LogP contribution in [0.4, 0.5) is 0 Å². The van der Waals surface area contributed by atoms with Crippen LogP contribution in [0.2, 0.25) is 0 Å². The van der Waals surface area contributed by atoms with Crippen LogP contribution in [-0.2, 0) is 12.8 Å². The highest BCUT2D eigenvalue weighted by molar-refractivity contribution is 9.10. The number of halogens is 1. The van der Waals surface area contributed by atoms with Crippen molar-refractivity contribution in [2.75, 3.05) is 0 Å². The van der Waals surface area contributed by atoms with Crippen LogP contribution in [0.15, 0.2) is 22.7 Å². The molecule has 0 N–H and O–H groups in total. The van der Waals surface area contributed by atoms with Crippen molar-refractivity contribution in [2.45, 2.75) is 26.7 Å². The molecule has 1 aromatic carbocycles. The Labute approximate surface area is 88.5 Å². The molecule has 13 heavy (non-hydrogen) atoms. The molecule has 1 aliphatic carbocycles. The summed E-state index contributed by atoms with van der Waals surface area (Å²) in [4.78, 5) is 0. The summed E-state index contributed by atoms with van der Waals surface area (Å²) in [7, 11) is 0. The van der Waals surface area contributed by atoms with Crippen LogP contribution < -0.4 is 0 Å². The van der Waals surface area contributed by atoms with Crippen LogP contribution in [0.25, 0.3) is 0 Å². The number of hydrogen-bond acceptors (Lipinski definition) is 0. The molecule has 0 aromatic heterocycles. The molecule has 0 spiro atoms. The number of fused-ring (bicyclic) bond motifs is 1. The van der Waals surface area contributed by atoms with E-state index in [2.05, 4.69) is 48.0 Å². The molecule has 70 valence electrons. The maximum atomic E-state index is 3.62. The highest BCUT2D eigenvalue weighted by Gasteiger charge is 2.24. The molecule has 1 aromatic rings. The fourth-order valence-corrected chi connectivity index (χ4v) is 2.68. The first-order valence-electron chi connectivity index (χ1n) is 4.94. The molecule has 0 amide bonds. The van der Waals surface area contributed by atoms with Crippen molar-refractivity contribution in [3.8, 4) is 0 Å². The average Bonchev–Trinajstić information content (AvgIpc) is 2.49. The Hall–Kier alpha value is -0.300. The van der Waals surface area contributed by atoms with Gasteiger partial charge in [-0.1, -0.05) is 41.9 Å². The summed E-state index contributed by atoms with van der Waals surface area (Å²) in [5, 5.41) is 0. The Morgan fingerprint density at radius 3 is 2.69 bits per heavy atom. The third kappa shape index (κ3) is 1.67. The highest BCUT2D eigenvalue weighted by atomic mass is 79.9. The summed E-state index contributed by atoms with van der Waals surface area (Å²) >= 11 is 3.62. The molecule has 0 saturated heterocycles. The standard InChI is InChI=1S/C12H15Br/c1-8(2)10-6-9-4-3-5-12(13)11(9)7-10/h3-5,8,10H,6-7H2,1-2H3. The smallest absolute Gasteiger partial charge is 0.0210 e. The zero-order valence-corrected chi connectivity index (χ0v) is 9.76. The predicted molar refractivity (Wildman–Crippen MR) is 59.9 cm³/mol. The van der Waals surface area contributed by atoms with Crippen molar-refractivity contribution in [3.63, 3.8) is 0 Å². The van der Waals surface area contributed by atoms with E-state index in [0.29, 0.717) is 0 Å². The third-order valence-electron chi connectivity index (χ3n) is 3.11. The highest BCUT2D eigenvalue weighted by Crippen LogP contribution is 2.35. The lowest BCUT2D eigenvalue weighted by Gasteiger charge is -2.12. The second-order valence-electron chi connectivity index (χ2n) is 4.29. The van der Waals surface area contributed by atoms with Crippen molar-refractivity contribution in [1.29, 1.82) is 0 Å². The van der Waals surface area contributed by atoms with Crippen LogP contribution in [0.1, 0.15) is 25.0 Å². The van der Waals surface area contributed by atoms with Crippen LogP contribution in [0, 0.1) is 11.8 Å². The van der Waals surface area contributed by atoms with Gasteiger partial charge in [0, 0.05) is 4.47 Å². The minimum atomic E-state index is 0.805. The predicted octanol–water partition coefficient (Wildman–Crippen LogP) is 3.82. The van der Waals surface area contributed by atoms with Crippen LogP contribution in [0.3, 0.4) is 0 Å². The van der Waals surface area contributed by atoms with Crippen LogP contribution in [0.5, 0.6) is 0 Å². The molecule has 2 rings (SSSR count). The third-order valence-corrected chi connectivity index (χ3v) is 3.85. The Balaban J connectivity index is 2.30. The summed E-state index contributed by atoms with van der Waals surface area (Å²) in [6, 6.07) is 6.57. The maximum Gasteiger partial charge on any atom is 0.0210 e. The van der Waals surface area contributed by atoms with Crippen molar-refractivity contribution < 1.29 is 0 Å². The van der Waals surface area contributed by atoms with E-state index in [1.807, 2.05) is 0 Å². The molecular weight excluding hydrogens is 224 g/mol. The van der Waals surface area contributed by atoms with Gasteiger partial charge in [0.15, 0.2) is 0 Å². The summed E-state index contributed by atoms with van der Waals surface area (Å²) < 4.78 is 1.30. The van der Waals surface area contributed by atoms with E-state index >= 15 is 0 Å². The molecule has 0 aliphatic heterocycles. The quantitative estimate of drug-likeness (QED) is 0.698. The van der Waals surface area contributed by atoms with Crippen molar-refractivity contribution in [3.05, 3.63) is 33.8 Å². The summed E-state index contributed by atoms with van der Waals surface area (Å²) in [5.41, 5.74) is 3.09. The second-order valence-corrected chi connectivity index (χ2v) is 5.14.